The number of rotatable bonds is 3. The molecule has 222 valence electrons. The number of nitrogens with zero attached hydrogens (tertiary/aromatic N) is 2. The van der Waals surface area contributed by atoms with E-state index in [4.69, 9.17) is 9.98 Å². The Balaban J connectivity index is 0.00000312. The number of hydrogen-bond donors (Lipinski definition) is 2. The molecule has 0 bridgehead atoms. The van der Waals surface area contributed by atoms with Crippen molar-refractivity contribution in [2.75, 3.05) is 0 Å². The van der Waals surface area contributed by atoms with Crippen molar-refractivity contribution in [3.63, 3.8) is 0 Å². The first-order valence-electron chi connectivity index (χ1n) is 15.0. The second-order valence-corrected chi connectivity index (χ2v) is 11.6. The van der Waals surface area contributed by atoms with Crippen LogP contribution in [0.4, 0.5) is 5.69 Å². The van der Waals surface area contributed by atoms with Crippen LogP contribution in [0.25, 0.3) is 44.3 Å². The van der Waals surface area contributed by atoms with Crippen molar-refractivity contribution < 1.29 is 31.3 Å². The minimum atomic E-state index is -0.612. The molecule has 5 heteroatoms. The average molecular weight is 774 g/mol. The molecule has 4 nitrogen and oxygen atoms in total. The van der Waals surface area contributed by atoms with Crippen molar-refractivity contribution in [1.82, 2.24) is 4.98 Å². The Morgan fingerprint density at radius 1 is 0.543 bits per heavy atom. The summed E-state index contributed by atoms with van der Waals surface area (Å²) >= 11 is 0. The average Bonchev–Trinajstić information content (AvgIpc) is 3.55. The maximum absolute atomic E-state index is 11.7. The normalized spacial score (nSPS) is 13.3. The molecule has 46 heavy (non-hydrogen) atoms. The summed E-state index contributed by atoms with van der Waals surface area (Å²) in [5.41, 5.74) is 11.4. The second kappa shape index (κ2) is 10.6. The van der Waals surface area contributed by atoms with Crippen molar-refractivity contribution in [3.8, 4) is 45.0 Å². The number of pyridine rings is 1. The molecule has 2 aliphatic rings. The van der Waals surface area contributed by atoms with Crippen LogP contribution in [0, 0.1) is 0 Å². The van der Waals surface area contributed by atoms with E-state index in [-0.39, 0.29) is 32.6 Å². The van der Waals surface area contributed by atoms with Crippen molar-refractivity contribution in [2.45, 2.75) is 5.41 Å². The van der Waals surface area contributed by atoms with E-state index in [1.807, 2.05) is 54.6 Å². The third-order valence-corrected chi connectivity index (χ3v) is 9.36. The summed E-state index contributed by atoms with van der Waals surface area (Å²) in [5, 5.41) is 23.9. The number of benzene rings is 6. The standard InChI is InChI=1S/C41H26N2O2.Pt/c44-36-21-8-11-25-10-7-19-34(38(25)36)42-24-26-12-9-20-35(43-26)39-37(45)23-22-30-29-15-3-6-18-33(29)41(40(30)39)31-16-4-1-13-27(31)28-14-2-5-17-32(28)41;/h1-24,44-45H;. The fourth-order valence-corrected chi connectivity index (χ4v) is 7.65. The summed E-state index contributed by atoms with van der Waals surface area (Å²) in [6.07, 6.45) is 1.72. The van der Waals surface area contributed by atoms with E-state index in [1.54, 1.807) is 18.3 Å². The first kappa shape index (κ1) is 28.2. The molecule has 0 saturated heterocycles. The summed E-state index contributed by atoms with van der Waals surface area (Å²) in [4.78, 5) is 9.80. The predicted molar refractivity (Wildman–Crippen MR) is 181 cm³/mol. The molecule has 1 heterocycles. The van der Waals surface area contributed by atoms with E-state index in [0.717, 1.165) is 22.1 Å². The van der Waals surface area contributed by atoms with Gasteiger partial charge in [0.15, 0.2) is 0 Å². The van der Waals surface area contributed by atoms with E-state index in [9.17, 15) is 10.2 Å². The van der Waals surface area contributed by atoms with Crippen LogP contribution in [0.3, 0.4) is 0 Å². The molecular weight excluding hydrogens is 748 g/mol. The summed E-state index contributed by atoms with van der Waals surface area (Å²) in [6.45, 7) is 0. The Kier molecular flexibility index (Phi) is 6.52. The number of aromatic nitrogens is 1. The van der Waals surface area contributed by atoms with Crippen LogP contribution in [-0.4, -0.2) is 21.4 Å². The summed E-state index contributed by atoms with van der Waals surface area (Å²) < 4.78 is 0. The van der Waals surface area contributed by atoms with Gasteiger partial charge in [-0.05, 0) is 80.2 Å². The van der Waals surface area contributed by atoms with Gasteiger partial charge in [0.05, 0.1) is 28.7 Å². The molecule has 0 aliphatic heterocycles. The van der Waals surface area contributed by atoms with Crippen LogP contribution >= 0.6 is 0 Å². The van der Waals surface area contributed by atoms with Crippen LogP contribution in [0.2, 0.25) is 0 Å². The van der Waals surface area contributed by atoms with Crippen molar-refractivity contribution in [1.29, 1.82) is 0 Å². The van der Waals surface area contributed by atoms with Crippen LogP contribution in [0.15, 0.2) is 145 Å². The molecule has 0 atom stereocenters. The molecule has 0 amide bonds. The minimum Gasteiger partial charge on any atom is -0.507 e. The number of hydrogen-bond acceptors (Lipinski definition) is 4. The van der Waals surface area contributed by atoms with Gasteiger partial charge in [0.1, 0.15) is 11.5 Å². The summed E-state index contributed by atoms with van der Waals surface area (Å²) in [7, 11) is 0. The fraction of sp³-hybridized carbons (Fsp3) is 0.0244. The van der Waals surface area contributed by atoms with E-state index in [2.05, 4.69) is 72.8 Å². The quantitative estimate of drug-likeness (QED) is 0.176. The Bertz CT molecular complexity index is 2310. The SMILES string of the molecule is Oc1ccc2c(c1-c1cccc(C=Nc3cccc4cccc(O)c34)n1)C1(c3ccccc3-c3ccccc31)c1ccccc1-2.[Pt]. The molecule has 0 unspecified atom stereocenters. The smallest absolute Gasteiger partial charge is 0.125 e. The predicted octanol–water partition coefficient (Wildman–Crippen LogP) is 9.40. The van der Waals surface area contributed by atoms with Crippen molar-refractivity contribution >= 4 is 22.7 Å². The topological polar surface area (TPSA) is 65.7 Å². The Labute approximate surface area is 280 Å². The van der Waals surface area contributed by atoms with Crippen LogP contribution in [0.5, 0.6) is 11.5 Å². The van der Waals surface area contributed by atoms with Crippen LogP contribution in [-0.2, 0) is 26.5 Å². The van der Waals surface area contributed by atoms with Gasteiger partial charge in [-0.25, -0.2) is 4.98 Å². The fourth-order valence-electron chi connectivity index (χ4n) is 7.65. The van der Waals surface area contributed by atoms with Crippen LogP contribution in [0.1, 0.15) is 27.9 Å². The molecule has 0 radical (unpaired) electrons. The molecule has 0 saturated carbocycles. The number of phenols is 2. The summed E-state index contributed by atoms with van der Waals surface area (Å²) in [6, 6.07) is 46.7. The Morgan fingerprint density at radius 2 is 1.13 bits per heavy atom. The molecule has 6 aromatic carbocycles. The number of fused-ring (bicyclic) bond motifs is 11. The zero-order valence-corrected chi connectivity index (χ0v) is 26.7. The van der Waals surface area contributed by atoms with Gasteiger partial charge in [-0.2, -0.15) is 0 Å². The molecule has 7 aromatic rings. The molecule has 1 spiro atoms. The Hall–Kier alpha value is -5.31. The van der Waals surface area contributed by atoms with Gasteiger partial charge in [-0.1, -0.05) is 109 Å². The molecule has 1 aromatic heterocycles. The molecule has 0 fully saturated rings. The Morgan fingerprint density at radius 3 is 1.80 bits per heavy atom. The second-order valence-electron chi connectivity index (χ2n) is 11.6. The minimum absolute atomic E-state index is 0. The maximum Gasteiger partial charge on any atom is 0.125 e. The third kappa shape index (κ3) is 3.84. The largest absolute Gasteiger partial charge is 0.507 e. The van der Waals surface area contributed by atoms with Gasteiger partial charge >= 0.3 is 0 Å². The van der Waals surface area contributed by atoms with E-state index < -0.39 is 5.41 Å². The zero-order valence-electron chi connectivity index (χ0n) is 24.5. The summed E-state index contributed by atoms with van der Waals surface area (Å²) in [5.74, 6) is 0.372. The van der Waals surface area contributed by atoms with Gasteiger partial charge in [-0.3, -0.25) is 4.99 Å². The van der Waals surface area contributed by atoms with Crippen molar-refractivity contribution in [3.05, 3.63) is 167 Å². The molecule has 2 N–H and O–H groups in total. The van der Waals surface area contributed by atoms with E-state index in [0.29, 0.717) is 28.0 Å². The first-order chi connectivity index (χ1) is 22.2. The van der Waals surface area contributed by atoms with Gasteiger partial charge in [0.2, 0.25) is 0 Å². The van der Waals surface area contributed by atoms with Gasteiger partial charge in [0, 0.05) is 32.0 Å². The number of aliphatic imine (C=N–C) groups is 1. The van der Waals surface area contributed by atoms with Gasteiger partial charge in [0.25, 0.3) is 0 Å². The zero-order chi connectivity index (χ0) is 30.1. The number of aromatic hydroxyl groups is 2. The molecular formula is C41H26N2O2Pt. The van der Waals surface area contributed by atoms with Gasteiger partial charge in [-0.15, -0.1) is 0 Å². The molecule has 9 rings (SSSR count). The monoisotopic (exact) mass is 773 g/mol. The first-order valence-corrected chi connectivity index (χ1v) is 15.0. The van der Waals surface area contributed by atoms with E-state index in [1.165, 1.54) is 27.8 Å². The maximum atomic E-state index is 11.7. The third-order valence-electron chi connectivity index (χ3n) is 9.36. The molecule has 2 aliphatic carbocycles. The number of phenolic OH excluding ortho intramolecular Hbond substituents is 2. The van der Waals surface area contributed by atoms with Crippen molar-refractivity contribution in [2.24, 2.45) is 4.99 Å². The van der Waals surface area contributed by atoms with Crippen LogP contribution < -0.4 is 0 Å². The van der Waals surface area contributed by atoms with E-state index >= 15 is 0 Å². The van der Waals surface area contributed by atoms with Gasteiger partial charge < -0.3 is 10.2 Å².